The Bertz CT molecular complexity index is 542. The van der Waals surface area contributed by atoms with Crippen LogP contribution in [0, 0.1) is 0 Å². The highest BCUT2D eigenvalue weighted by atomic mass is 16.5. The van der Waals surface area contributed by atoms with Gasteiger partial charge < -0.3 is 19.5 Å². The van der Waals surface area contributed by atoms with E-state index in [0.29, 0.717) is 18.1 Å². The summed E-state index contributed by atoms with van der Waals surface area (Å²) in [6, 6.07) is 4.77. The van der Waals surface area contributed by atoms with Gasteiger partial charge in [-0.05, 0) is 31.2 Å². The number of unbranched alkanes of at least 4 members (excludes halogenated alkanes) is 1. The maximum Gasteiger partial charge on any atom is 0.325 e. The van der Waals surface area contributed by atoms with Crippen LogP contribution >= 0.6 is 0 Å². The number of hydrogen-bond acceptors (Lipinski definition) is 5. The van der Waals surface area contributed by atoms with Crippen LogP contribution < -0.4 is 9.47 Å². The van der Waals surface area contributed by atoms with Crippen LogP contribution in [-0.4, -0.2) is 67.8 Å². The largest absolute Gasteiger partial charge is 0.493 e. The van der Waals surface area contributed by atoms with E-state index in [0.717, 1.165) is 44.6 Å². The van der Waals surface area contributed by atoms with Crippen LogP contribution in [0.1, 0.15) is 31.4 Å². The monoisotopic (exact) mass is 336 g/mol. The van der Waals surface area contributed by atoms with Crippen molar-refractivity contribution in [1.82, 2.24) is 9.80 Å². The second-order valence-corrected chi connectivity index (χ2v) is 6.19. The minimum atomic E-state index is -0.829. The fourth-order valence-corrected chi connectivity index (χ4v) is 2.89. The number of piperazine rings is 1. The molecule has 1 aromatic carbocycles. The average Bonchev–Trinajstić information content (AvgIpc) is 2.57. The summed E-state index contributed by atoms with van der Waals surface area (Å²) < 4.78 is 11.1. The Morgan fingerprint density at radius 3 is 2.54 bits per heavy atom. The molecule has 1 heterocycles. The summed E-state index contributed by atoms with van der Waals surface area (Å²) in [6.07, 6.45) is 2.00. The summed E-state index contributed by atoms with van der Waals surface area (Å²) in [6.45, 7) is 5.93. The van der Waals surface area contributed by atoms with Crippen molar-refractivity contribution in [3.8, 4) is 11.5 Å². The predicted molar refractivity (Wildman–Crippen MR) is 92.8 cm³/mol. The SMILES string of the molecule is CCCCOc1cc(C(C(=O)O)N2CCN(C)CC2)ccc1OC. The standard InChI is InChI=1S/C18H28N2O4/c1-4-5-12-24-16-13-14(6-7-15(16)23-3)17(18(21)22)20-10-8-19(2)9-11-20/h6-7,13,17H,4-5,8-12H2,1-3H3,(H,21,22). The van der Waals surface area contributed by atoms with E-state index in [4.69, 9.17) is 9.47 Å². The Morgan fingerprint density at radius 2 is 1.96 bits per heavy atom. The Kier molecular flexibility index (Phi) is 6.87. The van der Waals surface area contributed by atoms with Crippen LogP contribution in [0.3, 0.4) is 0 Å². The van der Waals surface area contributed by atoms with Gasteiger partial charge in [-0.2, -0.15) is 0 Å². The van der Waals surface area contributed by atoms with Gasteiger partial charge in [0.1, 0.15) is 6.04 Å². The summed E-state index contributed by atoms with van der Waals surface area (Å²) in [5.74, 6) is 0.422. The van der Waals surface area contributed by atoms with Gasteiger partial charge in [0.25, 0.3) is 0 Å². The van der Waals surface area contributed by atoms with E-state index < -0.39 is 12.0 Å². The first kappa shape index (κ1) is 18.5. The van der Waals surface area contributed by atoms with Crippen LogP contribution in [0.5, 0.6) is 11.5 Å². The predicted octanol–water partition coefficient (Wildman–Crippen LogP) is 2.25. The highest BCUT2D eigenvalue weighted by molar-refractivity contribution is 5.76. The molecule has 0 amide bonds. The Labute approximate surface area is 144 Å². The number of nitrogens with zero attached hydrogens (tertiary/aromatic N) is 2. The molecule has 1 aliphatic heterocycles. The van der Waals surface area contributed by atoms with Crippen molar-refractivity contribution in [2.75, 3.05) is 46.9 Å². The van der Waals surface area contributed by atoms with Crippen molar-refractivity contribution < 1.29 is 19.4 Å². The van der Waals surface area contributed by atoms with Crippen molar-refractivity contribution in [3.05, 3.63) is 23.8 Å². The van der Waals surface area contributed by atoms with Gasteiger partial charge >= 0.3 is 5.97 Å². The van der Waals surface area contributed by atoms with Crippen molar-refractivity contribution in [2.45, 2.75) is 25.8 Å². The number of ether oxygens (including phenoxy) is 2. The summed E-state index contributed by atoms with van der Waals surface area (Å²) in [7, 11) is 3.65. The number of carbonyl (C=O) groups is 1. The van der Waals surface area contributed by atoms with E-state index in [9.17, 15) is 9.90 Å². The van der Waals surface area contributed by atoms with Gasteiger partial charge in [-0.3, -0.25) is 9.69 Å². The molecule has 24 heavy (non-hydrogen) atoms. The van der Waals surface area contributed by atoms with Crippen molar-refractivity contribution >= 4 is 5.97 Å². The molecule has 1 unspecified atom stereocenters. The van der Waals surface area contributed by atoms with Gasteiger partial charge in [-0.25, -0.2) is 0 Å². The number of methoxy groups -OCH3 is 1. The van der Waals surface area contributed by atoms with Crippen LogP contribution in [0.4, 0.5) is 0 Å². The molecule has 1 aromatic rings. The number of rotatable bonds is 8. The van der Waals surface area contributed by atoms with Gasteiger partial charge in [0.05, 0.1) is 13.7 Å². The third-order valence-corrected chi connectivity index (χ3v) is 4.40. The number of carboxylic acids is 1. The van der Waals surface area contributed by atoms with Crippen LogP contribution in [0.2, 0.25) is 0 Å². The Hall–Kier alpha value is -1.79. The molecular formula is C18H28N2O4. The zero-order chi connectivity index (χ0) is 17.5. The molecule has 0 bridgehead atoms. The second-order valence-electron chi connectivity index (χ2n) is 6.19. The summed E-state index contributed by atoms with van der Waals surface area (Å²) >= 11 is 0. The molecule has 0 aliphatic carbocycles. The molecule has 1 fully saturated rings. The average molecular weight is 336 g/mol. The van der Waals surface area contributed by atoms with E-state index in [1.54, 1.807) is 13.2 Å². The highest BCUT2D eigenvalue weighted by Crippen LogP contribution is 2.33. The van der Waals surface area contributed by atoms with Gasteiger partial charge in [-0.1, -0.05) is 19.4 Å². The fourth-order valence-electron chi connectivity index (χ4n) is 2.89. The zero-order valence-electron chi connectivity index (χ0n) is 14.8. The van der Waals surface area contributed by atoms with Gasteiger partial charge in [0.2, 0.25) is 0 Å². The van der Waals surface area contributed by atoms with Gasteiger partial charge in [0.15, 0.2) is 11.5 Å². The van der Waals surface area contributed by atoms with E-state index in [-0.39, 0.29) is 0 Å². The number of aliphatic carboxylic acids is 1. The van der Waals surface area contributed by atoms with Gasteiger partial charge in [0, 0.05) is 26.2 Å². The van der Waals surface area contributed by atoms with Crippen LogP contribution in [-0.2, 0) is 4.79 Å². The number of likely N-dealkylation sites (N-methyl/N-ethyl adjacent to an activating group) is 1. The molecule has 1 aliphatic rings. The fraction of sp³-hybridized carbons (Fsp3) is 0.611. The lowest BCUT2D eigenvalue weighted by molar-refractivity contribution is -0.144. The summed E-state index contributed by atoms with van der Waals surface area (Å²) in [5.41, 5.74) is 0.736. The van der Waals surface area contributed by atoms with E-state index >= 15 is 0 Å². The smallest absolute Gasteiger partial charge is 0.325 e. The number of benzene rings is 1. The van der Waals surface area contributed by atoms with E-state index in [1.807, 2.05) is 17.0 Å². The molecule has 1 N–H and O–H groups in total. The normalized spacial score (nSPS) is 17.5. The molecule has 1 saturated heterocycles. The number of carboxylic acid groups (broad SMARTS) is 1. The minimum Gasteiger partial charge on any atom is -0.493 e. The lowest BCUT2D eigenvalue weighted by Gasteiger charge is -2.36. The molecule has 0 radical (unpaired) electrons. The molecule has 134 valence electrons. The lowest BCUT2D eigenvalue weighted by Crippen LogP contribution is -2.47. The third kappa shape index (κ3) is 4.61. The van der Waals surface area contributed by atoms with Crippen LogP contribution in [0.15, 0.2) is 18.2 Å². The topological polar surface area (TPSA) is 62.2 Å². The maximum absolute atomic E-state index is 11.9. The Morgan fingerprint density at radius 1 is 1.25 bits per heavy atom. The Balaban J connectivity index is 2.22. The summed E-state index contributed by atoms with van der Waals surface area (Å²) in [4.78, 5) is 16.1. The maximum atomic E-state index is 11.9. The summed E-state index contributed by atoms with van der Waals surface area (Å²) in [5, 5.41) is 9.75. The minimum absolute atomic E-state index is 0.600. The van der Waals surface area contributed by atoms with Crippen molar-refractivity contribution in [3.63, 3.8) is 0 Å². The first-order valence-electron chi connectivity index (χ1n) is 8.53. The molecule has 1 atom stereocenters. The van der Waals surface area contributed by atoms with Gasteiger partial charge in [-0.15, -0.1) is 0 Å². The number of hydrogen-bond donors (Lipinski definition) is 1. The molecule has 0 aromatic heterocycles. The van der Waals surface area contributed by atoms with Crippen molar-refractivity contribution in [2.24, 2.45) is 0 Å². The van der Waals surface area contributed by atoms with Crippen molar-refractivity contribution in [1.29, 1.82) is 0 Å². The quantitative estimate of drug-likeness (QED) is 0.735. The first-order chi connectivity index (χ1) is 11.6. The molecule has 0 saturated carbocycles. The van der Waals surface area contributed by atoms with E-state index in [2.05, 4.69) is 18.9 Å². The molecule has 0 spiro atoms. The molecule has 6 heteroatoms. The van der Waals surface area contributed by atoms with Crippen LogP contribution in [0.25, 0.3) is 0 Å². The van der Waals surface area contributed by atoms with E-state index in [1.165, 1.54) is 0 Å². The highest BCUT2D eigenvalue weighted by Gasteiger charge is 2.30. The zero-order valence-corrected chi connectivity index (χ0v) is 14.8. The third-order valence-electron chi connectivity index (χ3n) is 4.40. The molecule has 2 rings (SSSR count). The lowest BCUT2D eigenvalue weighted by atomic mass is 10.0. The molecular weight excluding hydrogens is 308 g/mol. The second kappa shape index (κ2) is 8.89. The molecule has 6 nitrogen and oxygen atoms in total. The first-order valence-corrected chi connectivity index (χ1v) is 8.53.